The van der Waals surface area contributed by atoms with E-state index in [0.29, 0.717) is 37.8 Å². The summed E-state index contributed by atoms with van der Waals surface area (Å²) in [5, 5.41) is 8.83. The van der Waals surface area contributed by atoms with E-state index in [-0.39, 0.29) is 11.7 Å². The number of carbonyl (C=O) groups excluding carboxylic acids is 1. The highest BCUT2D eigenvalue weighted by Gasteiger charge is 2.31. The number of aromatic nitrogens is 2. The maximum Gasteiger partial charge on any atom is 0.573 e. The predicted octanol–water partition coefficient (Wildman–Crippen LogP) is 3.72. The lowest BCUT2D eigenvalue weighted by molar-refractivity contribution is -0.274. The number of hydrogen-bond acceptors (Lipinski definition) is 6. The largest absolute Gasteiger partial charge is 0.573 e. The lowest BCUT2D eigenvalue weighted by Gasteiger charge is -2.36. The smallest absolute Gasteiger partial charge is 0.406 e. The first-order valence-corrected chi connectivity index (χ1v) is 10.8. The molecular formula is C22H26F3N5O2. The van der Waals surface area contributed by atoms with Crippen molar-refractivity contribution in [1.82, 2.24) is 15.1 Å². The van der Waals surface area contributed by atoms with Crippen LogP contribution >= 0.6 is 0 Å². The molecule has 2 aromatic rings. The molecule has 4 rings (SSSR count). The number of anilines is 2. The van der Waals surface area contributed by atoms with Crippen LogP contribution < -0.4 is 14.5 Å². The van der Waals surface area contributed by atoms with E-state index in [4.69, 9.17) is 0 Å². The fourth-order valence-corrected chi connectivity index (χ4v) is 4.20. The van der Waals surface area contributed by atoms with E-state index in [1.54, 1.807) is 4.90 Å². The minimum absolute atomic E-state index is 0.219. The van der Waals surface area contributed by atoms with E-state index < -0.39 is 6.36 Å². The number of halogens is 3. The van der Waals surface area contributed by atoms with E-state index in [2.05, 4.69) is 31.7 Å². The number of amides is 1. The predicted molar refractivity (Wildman–Crippen MR) is 114 cm³/mol. The summed E-state index contributed by atoms with van der Waals surface area (Å²) < 4.78 is 40.7. The van der Waals surface area contributed by atoms with Gasteiger partial charge >= 0.3 is 6.36 Å². The summed E-state index contributed by atoms with van der Waals surface area (Å²) in [6, 6.07) is 9.44. The number of piperidine rings is 1. The van der Waals surface area contributed by atoms with Crippen molar-refractivity contribution in [3.63, 3.8) is 0 Å². The molecule has 0 spiro atoms. The van der Waals surface area contributed by atoms with Gasteiger partial charge in [0.25, 0.3) is 5.91 Å². The van der Waals surface area contributed by atoms with E-state index in [9.17, 15) is 18.0 Å². The third kappa shape index (κ3) is 5.23. The summed E-state index contributed by atoms with van der Waals surface area (Å²) in [6.07, 6.45) is -1.17. The van der Waals surface area contributed by atoms with Crippen LogP contribution in [0.15, 0.2) is 36.4 Å². The third-order valence-corrected chi connectivity index (χ3v) is 5.96. The molecule has 172 valence electrons. The fourth-order valence-electron chi connectivity index (χ4n) is 4.20. The molecule has 0 saturated carbocycles. The van der Waals surface area contributed by atoms with E-state index >= 15 is 0 Å². The quantitative estimate of drug-likeness (QED) is 0.709. The van der Waals surface area contributed by atoms with Crippen molar-refractivity contribution >= 4 is 17.5 Å². The van der Waals surface area contributed by atoms with Gasteiger partial charge in [0.2, 0.25) is 0 Å². The van der Waals surface area contributed by atoms with Crippen molar-refractivity contribution in [3.05, 3.63) is 42.0 Å². The number of piperazine rings is 1. The van der Waals surface area contributed by atoms with Gasteiger partial charge in [0.05, 0.1) is 0 Å². The van der Waals surface area contributed by atoms with Crippen LogP contribution in [0.4, 0.5) is 24.8 Å². The Kier molecular flexibility index (Phi) is 6.38. The summed E-state index contributed by atoms with van der Waals surface area (Å²) >= 11 is 0. The maximum atomic E-state index is 12.7. The van der Waals surface area contributed by atoms with Crippen LogP contribution in [0.5, 0.6) is 5.75 Å². The number of carbonyl (C=O) groups is 1. The van der Waals surface area contributed by atoms with E-state index in [1.807, 2.05) is 12.1 Å². The Labute approximate surface area is 184 Å². The fraction of sp³-hybridized carbons (Fsp3) is 0.500. The molecule has 1 amide bonds. The van der Waals surface area contributed by atoms with Crippen molar-refractivity contribution in [2.45, 2.75) is 38.6 Å². The van der Waals surface area contributed by atoms with Crippen LogP contribution in [0.3, 0.4) is 0 Å². The zero-order valence-electron chi connectivity index (χ0n) is 17.9. The number of benzene rings is 1. The number of nitrogens with zero attached hydrogens (tertiary/aromatic N) is 5. The molecule has 2 fully saturated rings. The van der Waals surface area contributed by atoms with Crippen molar-refractivity contribution in [1.29, 1.82) is 0 Å². The zero-order valence-corrected chi connectivity index (χ0v) is 17.9. The number of hydrogen-bond donors (Lipinski definition) is 0. The molecule has 1 aromatic heterocycles. The van der Waals surface area contributed by atoms with Crippen LogP contribution in [-0.4, -0.2) is 66.1 Å². The molecule has 32 heavy (non-hydrogen) atoms. The first kappa shape index (κ1) is 22.2. The molecule has 10 heteroatoms. The molecule has 3 heterocycles. The highest BCUT2D eigenvalue weighted by atomic mass is 19.4. The van der Waals surface area contributed by atoms with Gasteiger partial charge in [-0.1, -0.05) is 0 Å². The Bertz CT molecular complexity index is 913. The Morgan fingerprint density at radius 2 is 1.59 bits per heavy atom. The Morgan fingerprint density at radius 3 is 2.19 bits per heavy atom. The second-order valence-electron chi connectivity index (χ2n) is 8.14. The topological polar surface area (TPSA) is 61.8 Å². The average Bonchev–Trinajstić information content (AvgIpc) is 2.79. The van der Waals surface area contributed by atoms with Gasteiger partial charge in [-0.25, -0.2) is 0 Å². The lowest BCUT2D eigenvalue weighted by atomic mass is 10.0. The van der Waals surface area contributed by atoms with E-state index in [0.717, 1.165) is 36.7 Å². The molecule has 2 aliphatic heterocycles. The van der Waals surface area contributed by atoms with Crippen LogP contribution in [0, 0.1) is 0 Å². The standard InChI is InChI=1S/C22H26F3N5O2/c1-16-4-2-3-11-30(16)20-10-9-19(26-27-20)28-12-14-29(15-13-28)21(31)17-5-7-18(8-6-17)32-22(23,24)25/h5-10,16H,2-4,11-15H2,1H3. The molecule has 0 aliphatic carbocycles. The lowest BCUT2D eigenvalue weighted by Crippen LogP contribution is -2.49. The number of alkyl halides is 3. The second kappa shape index (κ2) is 9.22. The first-order chi connectivity index (χ1) is 15.3. The monoisotopic (exact) mass is 449 g/mol. The number of ether oxygens (including phenoxy) is 1. The van der Waals surface area contributed by atoms with Crippen molar-refractivity contribution < 1.29 is 22.7 Å². The van der Waals surface area contributed by atoms with Crippen molar-refractivity contribution in [2.24, 2.45) is 0 Å². The minimum atomic E-state index is -4.75. The van der Waals surface area contributed by atoms with Gasteiger partial charge in [-0.05, 0) is 62.6 Å². The van der Waals surface area contributed by atoms with Gasteiger partial charge in [-0.3, -0.25) is 4.79 Å². The van der Waals surface area contributed by atoms with Gasteiger partial charge in [0.1, 0.15) is 5.75 Å². The van der Waals surface area contributed by atoms with Crippen molar-refractivity contribution in [3.8, 4) is 5.75 Å². The first-order valence-electron chi connectivity index (χ1n) is 10.8. The Morgan fingerprint density at radius 1 is 0.938 bits per heavy atom. The SMILES string of the molecule is CC1CCCCN1c1ccc(N2CCN(C(=O)c3ccc(OC(F)(F)F)cc3)CC2)nn1. The molecule has 0 bridgehead atoms. The molecule has 2 saturated heterocycles. The summed E-state index contributed by atoms with van der Waals surface area (Å²) in [7, 11) is 0. The van der Waals surface area contributed by atoms with Gasteiger partial charge in [0, 0.05) is 44.3 Å². The summed E-state index contributed by atoms with van der Waals surface area (Å²) in [5.74, 6) is 1.11. The van der Waals surface area contributed by atoms with E-state index in [1.165, 1.54) is 25.0 Å². The van der Waals surface area contributed by atoms with Crippen LogP contribution in [0.25, 0.3) is 0 Å². The highest BCUT2D eigenvalue weighted by Crippen LogP contribution is 2.25. The molecule has 1 aromatic carbocycles. The number of rotatable bonds is 4. The molecule has 0 N–H and O–H groups in total. The zero-order chi connectivity index (χ0) is 22.7. The molecule has 1 atom stereocenters. The van der Waals surface area contributed by atoms with Crippen LogP contribution in [0.1, 0.15) is 36.5 Å². The average molecular weight is 449 g/mol. The van der Waals surface area contributed by atoms with Gasteiger partial charge < -0.3 is 19.4 Å². The summed E-state index contributed by atoms with van der Waals surface area (Å²) in [6.45, 7) is 5.41. The third-order valence-electron chi connectivity index (χ3n) is 5.96. The van der Waals surface area contributed by atoms with Crippen LogP contribution in [0.2, 0.25) is 0 Å². The Balaban J connectivity index is 1.32. The maximum absolute atomic E-state index is 12.7. The molecule has 2 aliphatic rings. The van der Waals surface area contributed by atoms with Gasteiger partial charge in [-0.15, -0.1) is 23.4 Å². The molecular weight excluding hydrogens is 423 g/mol. The van der Waals surface area contributed by atoms with Gasteiger partial charge in [-0.2, -0.15) is 0 Å². The minimum Gasteiger partial charge on any atom is -0.406 e. The highest BCUT2D eigenvalue weighted by molar-refractivity contribution is 5.94. The molecule has 7 nitrogen and oxygen atoms in total. The van der Waals surface area contributed by atoms with Gasteiger partial charge in [0.15, 0.2) is 11.6 Å². The van der Waals surface area contributed by atoms with Crippen LogP contribution in [-0.2, 0) is 0 Å². The molecule has 1 unspecified atom stereocenters. The molecule has 0 radical (unpaired) electrons. The summed E-state index contributed by atoms with van der Waals surface area (Å²) in [5.41, 5.74) is 0.327. The normalized spacial score (nSPS) is 19.8. The Hall–Kier alpha value is -3.04. The van der Waals surface area contributed by atoms with Crippen molar-refractivity contribution in [2.75, 3.05) is 42.5 Å². The summed E-state index contributed by atoms with van der Waals surface area (Å²) in [4.78, 5) is 18.8. The second-order valence-corrected chi connectivity index (χ2v) is 8.14.